The second kappa shape index (κ2) is 10.0. The Morgan fingerprint density at radius 2 is 1.88 bits per heavy atom. The Morgan fingerprint density at radius 3 is 2.65 bits per heavy atom. The van der Waals surface area contributed by atoms with Crippen LogP contribution in [0.3, 0.4) is 0 Å². The fourth-order valence-corrected chi connectivity index (χ4v) is 5.74. The lowest BCUT2D eigenvalue weighted by Crippen LogP contribution is -2.52. The highest BCUT2D eigenvalue weighted by Gasteiger charge is 2.41. The van der Waals surface area contributed by atoms with Crippen LogP contribution in [0.5, 0.6) is 0 Å². The van der Waals surface area contributed by atoms with Crippen molar-refractivity contribution in [3.8, 4) is 0 Å². The van der Waals surface area contributed by atoms with Gasteiger partial charge in [-0.1, -0.05) is 30.3 Å². The monoisotopic (exact) mass is 463 g/mol. The molecular weight excluding hydrogens is 426 g/mol. The van der Waals surface area contributed by atoms with Crippen molar-refractivity contribution in [1.82, 2.24) is 19.8 Å². The zero-order chi connectivity index (χ0) is 23.7. The van der Waals surface area contributed by atoms with Gasteiger partial charge >= 0.3 is 0 Å². The third-order valence-corrected chi connectivity index (χ3v) is 8.02. The Morgan fingerprint density at radius 1 is 1.12 bits per heavy atom. The first-order chi connectivity index (χ1) is 16.5. The van der Waals surface area contributed by atoms with Crippen LogP contribution < -0.4 is 5.32 Å². The molecule has 0 spiro atoms. The molecular formula is C27H37N5O2. The number of anilines is 1. The van der Waals surface area contributed by atoms with E-state index in [0.717, 1.165) is 56.7 Å². The summed E-state index contributed by atoms with van der Waals surface area (Å²) in [5, 5.41) is 3.48. The van der Waals surface area contributed by atoms with Crippen molar-refractivity contribution in [1.29, 1.82) is 0 Å². The first-order valence-corrected chi connectivity index (χ1v) is 12.7. The number of hydrogen-bond acceptors (Lipinski definition) is 6. The smallest absolute Gasteiger partial charge is 0.227 e. The molecule has 0 bridgehead atoms. The summed E-state index contributed by atoms with van der Waals surface area (Å²) in [6, 6.07) is 11.4. The van der Waals surface area contributed by atoms with Crippen molar-refractivity contribution in [2.75, 3.05) is 32.1 Å². The number of aromatic nitrogens is 2. The van der Waals surface area contributed by atoms with Gasteiger partial charge in [-0.15, -0.1) is 0 Å². The molecule has 2 saturated heterocycles. The first-order valence-electron chi connectivity index (χ1n) is 12.7. The highest BCUT2D eigenvalue weighted by Crippen LogP contribution is 2.37. The van der Waals surface area contributed by atoms with Crippen LogP contribution in [0.2, 0.25) is 0 Å². The van der Waals surface area contributed by atoms with Crippen LogP contribution in [0.1, 0.15) is 55.8 Å². The summed E-state index contributed by atoms with van der Waals surface area (Å²) in [5.74, 6) is 1.13. The average molecular weight is 464 g/mol. The van der Waals surface area contributed by atoms with E-state index in [-0.39, 0.29) is 23.8 Å². The lowest BCUT2D eigenvalue weighted by molar-refractivity contribution is -0.141. The molecule has 1 aromatic heterocycles. The third-order valence-electron chi connectivity index (χ3n) is 8.02. The van der Waals surface area contributed by atoms with E-state index < -0.39 is 0 Å². The fourth-order valence-electron chi connectivity index (χ4n) is 5.74. The topological polar surface area (TPSA) is 70.6 Å². The molecule has 1 amide bonds. The van der Waals surface area contributed by atoms with Crippen molar-refractivity contribution >= 4 is 11.9 Å². The third kappa shape index (κ3) is 4.82. The minimum absolute atomic E-state index is 0.0146. The Kier molecular flexibility index (Phi) is 6.84. The van der Waals surface area contributed by atoms with E-state index >= 15 is 0 Å². The molecule has 4 atom stereocenters. The quantitative estimate of drug-likeness (QED) is 0.749. The molecule has 2 fully saturated rings. The molecule has 2 aromatic rings. The lowest BCUT2D eigenvalue weighted by Gasteiger charge is -2.44. The van der Waals surface area contributed by atoms with Crippen molar-refractivity contribution in [2.45, 2.75) is 70.1 Å². The molecule has 5 rings (SSSR count). The number of likely N-dealkylation sites (tertiary alicyclic amines) is 1. The fraction of sp³-hybridized carbons (Fsp3) is 0.593. The largest absolute Gasteiger partial charge is 0.381 e. The van der Waals surface area contributed by atoms with Gasteiger partial charge in [-0.05, 0) is 57.7 Å². The van der Waals surface area contributed by atoms with Gasteiger partial charge in [-0.3, -0.25) is 4.79 Å². The highest BCUT2D eigenvalue weighted by atomic mass is 16.5. The van der Waals surface area contributed by atoms with E-state index in [4.69, 9.17) is 9.72 Å². The Balaban J connectivity index is 1.36. The number of amides is 1. The molecule has 182 valence electrons. The van der Waals surface area contributed by atoms with Crippen molar-refractivity contribution in [3.05, 3.63) is 53.3 Å². The van der Waals surface area contributed by atoms with Crippen molar-refractivity contribution < 1.29 is 9.53 Å². The maximum atomic E-state index is 14.0. The number of likely N-dealkylation sites (N-methyl/N-ethyl adjacent to an activating group) is 1. The van der Waals surface area contributed by atoms with Crippen LogP contribution in [0.4, 0.5) is 5.95 Å². The van der Waals surface area contributed by atoms with Gasteiger partial charge in [0.1, 0.15) is 0 Å². The summed E-state index contributed by atoms with van der Waals surface area (Å²) in [5.41, 5.74) is 3.40. The summed E-state index contributed by atoms with van der Waals surface area (Å²) >= 11 is 0. The van der Waals surface area contributed by atoms with Crippen LogP contribution in [-0.2, 0) is 22.5 Å². The van der Waals surface area contributed by atoms with Crippen LogP contribution in [-0.4, -0.2) is 70.6 Å². The van der Waals surface area contributed by atoms with Gasteiger partial charge < -0.3 is 19.9 Å². The maximum absolute atomic E-state index is 14.0. The van der Waals surface area contributed by atoms with Gasteiger partial charge in [0.15, 0.2) is 0 Å². The molecule has 7 nitrogen and oxygen atoms in total. The molecule has 0 aliphatic carbocycles. The number of nitrogens with zero attached hydrogens (tertiary/aromatic N) is 4. The number of ether oxygens (including phenoxy) is 1. The molecule has 34 heavy (non-hydrogen) atoms. The predicted octanol–water partition coefficient (Wildman–Crippen LogP) is 3.46. The Labute approximate surface area is 202 Å². The molecule has 0 radical (unpaired) electrons. The van der Waals surface area contributed by atoms with Crippen LogP contribution in [0.15, 0.2) is 36.5 Å². The summed E-state index contributed by atoms with van der Waals surface area (Å²) in [6.07, 6.45) is 5.57. The van der Waals surface area contributed by atoms with E-state index in [1.54, 1.807) is 0 Å². The van der Waals surface area contributed by atoms with E-state index in [0.29, 0.717) is 24.6 Å². The number of benzene rings is 1. The highest BCUT2D eigenvalue weighted by molar-refractivity contribution is 5.81. The molecule has 1 aromatic carbocycles. The van der Waals surface area contributed by atoms with Gasteiger partial charge in [0.2, 0.25) is 11.9 Å². The molecule has 7 heteroatoms. The molecule has 1 N–H and O–H groups in total. The number of rotatable bonds is 4. The van der Waals surface area contributed by atoms with Crippen molar-refractivity contribution in [3.63, 3.8) is 0 Å². The number of fused-ring (bicyclic) bond motifs is 1. The molecule has 0 saturated carbocycles. The van der Waals surface area contributed by atoms with Gasteiger partial charge in [-0.25, -0.2) is 9.97 Å². The minimum atomic E-state index is -0.0146. The molecule has 0 unspecified atom stereocenters. The SMILES string of the molecule is C[C@@H]1C[C@@H](C(=O)N2Cc3nc(NC4CCOCC4)ncc3C[C@H]2C)[C@H](c2ccccc2)CN1C. The number of carbonyl (C=O) groups excluding carboxylic acids is 1. The Hall–Kier alpha value is -2.51. The number of hydrogen-bond donors (Lipinski definition) is 1. The van der Waals surface area contributed by atoms with Crippen molar-refractivity contribution in [2.24, 2.45) is 5.92 Å². The number of piperidine rings is 1. The maximum Gasteiger partial charge on any atom is 0.227 e. The molecule has 3 aliphatic rings. The van der Waals surface area contributed by atoms with E-state index in [9.17, 15) is 4.79 Å². The standard InChI is InChI=1S/C27H37N5O2/c1-18-14-23(24(16-31(18)3)20-7-5-4-6-8-20)26(33)32-17-25-21(13-19(32)2)15-28-27(30-25)29-22-9-11-34-12-10-22/h4-8,15,18-19,22-24H,9-14,16-17H2,1-3H3,(H,28,29,30)/t18-,19-,23-,24+/m1/s1. The summed E-state index contributed by atoms with van der Waals surface area (Å²) < 4.78 is 5.46. The zero-order valence-electron chi connectivity index (χ0n) is 20.6. The molecule has 3 aliphatic heterocycles. The summed E-state index contributed by atoms with van der Waals surface area (Å²) in [6.45, 7) is 7.41. The molecule has 4 heterocycles. The predicted molar refractivity (Wildman–Crippen MR) is 133 cm³/mol. The van der Waals surface area contributed by atoms with Gasteiger partial charge in [0, 0.05) is 55.9 Å². The van der Waals surface area contributed by atoms with E-state index in [1.807, 2.05) is 12.3 Å². The van der Waals surface area contributed by atoms with E-state index in [1.165, 1.54) is 5.56 Å². The lowest BCUT2D eigenvalue weighted by atomic mass is 9.77. The Bertz CT molecular complexity index is 994. The summed E-state index contributed by atoms with van der Waals surface area (Å²) in [4.78, 5) is 27.9. The van der Waals surface area contributed by atoms with Gasteiger partial charge in [0.05, 0.1) is 12.2 Å². The second-order valence-corrected chi connectivity index (χ2v) is 10.4. The van der Waals surface area contributed by atoms with Crippen LogP contribution in [0, 0.1) is 5.92 Å². The zero-order valence-corrected chi connectivity index (χ0v) is 20.6. The van der Waals surface area contributed by atoms with Gasteiger partial charge in [-0.2, -0.15) is 0 Å². The van der Waals surface area contributed by atoms with Crippen LogP contribution >= 0.6 is 0 Å². The number of carbonyl (C=O) groups is 1. The first kappa shape index (κ1) is 23.2. The minimum Gasteiger partial charge on any atom is -0.381 e. The summed E-state index contributed by atoms with van der Waals surface area (Å²) in [7, 11) is 2.17. The average Bonchev–Trinajstić information content (AvgIpc) is 2.86. The second-order valence-electron chi connectivity index (χ2n) is 10.4. The van der Waals surface area contributed by atoms with Gasteiger partial charge in [0.25, 0.3) is 0 Å². The van der Waals surface area contributed by atoms with Crippen LogP contribution in [0.25, 0.3) is 0 Å². The van der Waals surface area contributed by atoms with E-state index in [2.05, 4.69) is 65.3 Å². The normalized spacial score (nSPS) is 28.4. The number of nitrogens with one attached hydrogen (secondary N) is 1.